The second-order valence-corrected chi connectivity index (χ2v) is 5.66. The van der Waals surface area contributed by atoms with Crippen LogP contribution in [0.25, 0.3) is 11.0 Å². The van der Waals surface area contributed by atoms with Crippen molar-refractivity contribution >= 4 is 16.7 Å². The molecule has 3 rings (SSSR count). The Kier molecular flexibility index (Phi) is 4.62. The molecule has 1 N–H and O–H groups in total. The molecule has 0 amide bonds. The highest BCUT2D eigenvalue weighted by Gasteiger charge is 2.06. The van der Waals surface area contributed by atoms with Crippen LogP contribution in [-0.4, -0.2) is 0 Å². The van der Waals surface area contributed by atoms with Crippen LogP contribution in [0.5, 0.6) is 0 Å². The largest absolute Gasteiger partial charge is 0.423 e. The minimum Gasteiger partial charge on any atom is -0.423 e. The first-order valence-electron chi connectivity index (χ1n) is 7.95. The van der Waals surface area contributed by atoms with Crippen LogP contribution >= 0.6 is 0 Å². The molecule has 0 unspecified atom stereocenters. The molecule has 0 radical (unpaired) electrons. The number of nitriles is 1. The Labute approximate surface area is 140 Å². The number of rotatable bonds is 5. The fourth-order valence-electron chi connectivity index (χ4n) is 2.67. The summed E-state index contributed by atoms with van der Waals surface area (Å²) < 4.78 is 5.33. The van der Waals surface area contributed by atoms with E-state index in [0.717, 1.165) is 34.2 Å². The van der Waals surface area contributed by atoms with Crippen molar-refractivity contribution in [2.24, 2.45) is 0 Å². The normalized spacial score (nSPS) is 10.5. The van der Waals surface area contributed by atoms with Crippen molar-refractivity contribution in [3.63, 3.8) is 0 Å². The van der Waals surface area contributed by atoms with Crippen LogP contribution in [0.2, 0.25) is 0 Å². The molecule has 0 aliphatic rings. The minimum atomic E-state index is -0.336. The van der Waals surface area contributed by atoms with Crippen molar-refractivity contribution in [3.8, 4) is 6.07 Å². The van der Waals surface area contributed by atoms with Crippen LogP contribution in [-0.2, 0) is 19.4 Å². The molecule has 2 aromatic carbocycles. The van der Waals surface area contributed by atoms with E-state index in [9.17, 15) is 4.79 Å². The fourth-order valence-corrected chi connectivity index (χ4v) is 2.67. The first kappa shape index (κ1) is 15.8. The molecular weight excluding hydrogens is 300 g/mol. The molecule has 4 heteroatoms. The molecule has 0 fully saturated rings. The predicted octanol–water partition coefficient (Wildman–Crippen LogP) is 4.03. The molecule has 24 heavy (non-hydrogen) atoms. The Bertz CT molecular complexity index is 950. The predicted molar refractivity (Wildman–Crippen MR) is 94.9 cm³/mol. The van der Waals surface area contributed by atoms with Gasteiger partial charge in [-0.15, -0.1) is 0 Å². The van der Waals surface area contributed by atoms with Crippen LogP contribution in [0, 0.1) is 11.3 Å². The van der Waals surface area contributed by atoms with Crippen LogP contribution in [0.4, 0.5) is 5.69 Å². The highest BCUT2D eigenvalue weighted by Crippen LogP contribution is 2.20. The summed E-state index contributed by atoms with van der Waals surface area (Å²) >= 11 is 0. The van der Waals surface area contributed by atoms with Crippen molar-refractivity contribution in [1.82, 2.24) is 0 Å². The lowest BCUT2D eigenvalue weighted by Crippen LogP contribution is -2.06. The Morgan fingerprint density at radius 1 is 1.08 bits per heavy atom. The van der Waals surface area contributed by atoms with Crippen molar-refractivity contribution in [3.05, 3.63) is 75.6 Å². The van der Waals surface area contributed by atoms with Gasteiger partial charge in [-0.25, -0.2) is 4.79 Å². The molecule has 1 heterocycles. The van der Waals surface area contributed by atoms with Gasteiger partial charge in [0.15, 0.2) is 0 Å². The summed E-state index contributed by atoms with van der Waals surface area (Å²) in [5.41, 5.74) is 4.28. The van der Waals surface area contributed by atoms with Crippen LogP contribution in [0.3, 0.4) is 0 Å². The second kappa shape index (κ2) is 7.01. The second-order valence-electron chi connectivity index (χ2n) is 5.66. The molecule has 0 aliphatic carbocycles. The van der Waals surface area contributed by atoms with E-state index in [2.05, 4.69) is 24.4 Å². The lowest BCUT2D eigenvalue weighted by molar-refractivity contribution is 0.559. The SMILES string of the molecule is CCc1ccc2c(CNc3ccc(CC#N)cc3)cc(=O)oc2c1. The lowest BCUT2D eigenvalue weighted by Gasteiger charge is -2.09. The number of anilines is 1. The number of hydrogen-bond acceptors (Lipinski definition) is 4. The van der Waals surface area contributed by atoms with Gasteiger partial charge in [0.1, 0.15) is 5.58 Å². The van der Waals surface area contributed by atoms with Gasteiger partial charge in [-0.2, -0.15) is 5.26 Å². The third-order valence-corrected chi connectivity index (χ3v) is 4.02. The highest BCUT2D eigenvalue weighted by molar-refractivity contribution is 5.81. The first-order valence-corrected chi connectivity index (χ1v) is 7.95. The molecule has 0 bridgehead atoms. The van der Waals surface area contributed by atoms with Gasteiger partial charge in [0.2, 0.25) is 0 Å². The van der Waals surface area contributed by atoms with Crippen LogP contribution in [0.1, 0.15) is 23.6 Å². The summed E-state index contributed by atoms with van der Waals surface area (Å²) in [6.45, 7) is 2.60. The number of nitrogens with zero attached hydrogens (tertiary/aromatic N) is 1. The smallest absolute Gasteiger partial charge is 0.336 e. The lowest BCUT2D eigenvalue weighted by atomic mass is 10.1. The van der Waals surface area contributed by atoms with E-state index in [0.29, 0.717) is 18.5 Å². The zero-order chi connectivity index (χ0) is 16.9. The van der Waals surface area contributed by atoms with Gasteiger partial charge in [0.25, 0.3) is 0 Å². The average molecular weight is 318 g/mol. The molecule has 0 spiro atoms. The minimum absolute atomic E-state index is 0.336. The maximum atomic E-state index is 11.8. The molecule has 1 aromatic heterocycles. The first-order chi connectivity index (χ1) is 11.7. The molecule has 0 aliphatic heterocycles. The molecule has 0 atom stereocenters. The van der Waals surface area contributed by atoms with E-state index in [-0.39, 0.29) is 5.63 Å². The van der Waals surface area contributed by atoms with Crippen molar-refractivity contribution in [2.45, 2.75) is 26.3 Å². The van der Waals surface area contributed by atoms with Gasteiger partial charge >= 0.3 is 5.63 Å². The number of aryl methyl sites for hydroxylation is 1. The van der Waals surface area contributed by atoms with E-state index in [1.807, 2.05) is 36.4 Å². The maximum Gasteiger partial charge on any atom is 0.336 e. The summed E-state index contributed by atoms with van der Waals surface area (Å²) in [7, 11) is 0. The van der Waals surface area contributed by atoms with E-state index in [1.165, 1.54) is 6.07 Å². The van der Waals surface area contributed by atoms with E-state index >= 15 is 0 Å². The number of nitrogens with one attached hydrogen (secondary N) is 1. The number of fused-ring (bicyclic) bond motifs is 1. The van der Waals surface area contributed by atoms with E-state index < -0.39 is 0 Å². The van der Waals surface area contributed by atoms with Crippen LogP contribution < -0.4 is 10.9 Å². The maximum absolute atomic E-state index is 11.8. The molecule has 120 valence electrons. The third kappa shape index (κ3) is 3.47. The summed E-state index contributed by atoms with van der Waals surface area (Å²) in [5.74, 6) is 0. The topological polar surface area (TPSA) is 66.0 Å². The summed E-state index contributed by atoms with van der Waals surface area (Å²) in [5, 5.41) is 13.0. The fraction of sp³-hybridized carbons (Fsp3) is 0.200. The highest BCUT2D eigenvalue weighted by atomic mass is 16.4. The third-order valence-electron chi connectivity index (χ3n) is 4.02. The quantitative estimate of drug-likeness (QED) is 0.721. The Balaban J connectivity index is 1.84. The monoisotopic (exact) mass is 318 g/mol. The van der Waals surface area contributed by atoms with Crippen molar-refractivity contribution < 1.29 is 4.42 Å². The van der Waals surface area contributed by atoms with Gasteiger partial charge in [0.05, 0.1) is 12.5 Å². The average Bonchev–Trinajstić information content (AvgIpc) is 2.60. The number of benzene rings is 2. The summed E-state index contributed by atoms with van der Waals surface area (Å²) in [6, 6.07) is 17.4. The van der Waals surface area contributed by atoms with Gasteiger partial charge in [0, 0.05) is 23.7 Å². The molecule has 0 saturated heterocycles. The molecule has 3 aromatic rings. The standard InChI is InChI=1S/C20H18N2O2/c1-2-14-5-8-18-16(12-20(23)24-19(18)11-14)13-22-17-6-3-15(4-7-17)9-10-21/h3-8,11-12,22H,2,9,13H2,1H3. The van der Waals surface area contributed by atoms with Gasteiger partial charge in [-0.1, -0.05) is 31.2 Å². The van der Waals surface area contributed by atoms with Gasteiger partial charge in [-0.3, -0.25) is 0 Å². The Hall–Kier alpha value is -3.06. The molecule has 4 nitrogen and oxygen atoms in total. The van der Waals surface area contributed by atoms with Gasteiger partial charge in [-0.05, 0) is 41.3 Å². The summed E-state index contributed by atoms with van der Waals surface area (Å²) in [4.78, 5) is 11.8. The van der Waals surface area contributed by atoms with E-state index in [1.54, 1.807) is 0 Å². The van der Waals surface area contributed by atoms with E-state index in [4.69, 9.17) is 9.68 Å². The summed E-state index contributed by atoms with van der Waals surface area (Å²) in [6.07, 6.45) is 1.31. The Morgan fingerprint density at radius 2 is 1.83 bits per heavy atom. The molecular formula is C20H18N2O2. The van der Waals surface area contributed by atoms with Crippen LogP contribution in [0.15, 0.2) is 57.7 Å². The zero-order valence-corrected chi connectivity index (χ0v) is 13.5. The molecule has 0 saturated carbocycles. The number of hydrogen-bond donors (Lipinski definition) is 1. The zero-order valence-electron chi connectivity index (χ0n) is 13.5. The Morgan fingerprint density at radius 3 is 2.54 bits per heavy atom. The van der Waals surface area contributed by atoms with Crippen molar-refractivity contribution in [2.75, 3.05) is 5.32 Å². The van der Waals surface area contributed by atoms with Crippen molar-refractivity contribution in [1.29, 1.82) is 5.26 Å². The van der Waals surface area contributed by atoms with Gasteiger partial charge < -0.3 is 9.73 Å².